The molecular weight excluding hydrogens is 190 g/mol. The van der Waals surface area contributed by atoms with Gasteiger partial charge in [-0.15, -0.1) is 0 Å². The van der Waals surface area contributed by atoms with Crippen molar-refractivity contribution < 1.29 is 4.79 Å². The molecule has 15 heavy (non-hydrogen) atoms. The predicted molar refractivity (Wildman–Crippen MR) is 60.6 cm³/mol. The lowest BCUT2D eigenvalue weighted by Gasteiger charge is -2.06. The van der Waals surface area contributed by atoms with E-state index in [2.05, 4.69) is 11.9 Å². The second kappa shape index (κ2) is 4.41. The van der Waals surface area contributed by atoms with Crippen molar-refractivity contribution in [2.24, 2.45) is 0 Å². The Bertz CT molecular complexity index is 406. The number of nitrogens with two attached hydrogens (primary N) is 1. The van der Waals surface area contributed by atoms with Crippen molar-refractivity contribution in [1.29, 1.82) is 5.41 Å². The fraction of sp³-hybridized carbons (Fsp3) is 0.0909. The van der Waals surface area contributed by atoms with Gasteiger partial charge in [0, 0.05) is 16.8 Å². The summed E-state index contributed by atoms with van der Waals surface area (Å²) >= 11 is 0. The summed E-state index contributed by atoms with van der Waals surface area (Å²) < 4.78 is 0. The van der Waals surface area contributed by atoms with E-state index in [0.29, 0.717) is 16.8 Å². The molecule has 4 nitrogen and oxygen atoms in total. The number of anilines is 1. The number of amides is 1. The van der Waals surface area contributed by atoms with Crippen molar-refractivity contribution in [3.63, 3.8) is 0 Å². The van der Waals surface area contributed by atoms with E-state index in [4.69, 9.17) is 11.1 Å². The first-order chi connectivity index (χ1) is 7.00. The maximum atomic E-state index is 11.2. The zero-order valence-corrected chi connectivity index (χ0v) is 8.50. The van der Waals surface area contributed by atoms with Crippen molar-refractivity contribution in [1.82, 2.24) is 5.32 Å². The molecule has 4 heteroatoms. The minimum Gasteiger partial charge on any atom is -0.399 e. The summed E-state index contributed by atoms with van der Waals surface area (Å²) in [5.41, 5.74) is 7.11. The number of nitrogen functional groups attached to an aromatic ring is 1. The van der Waals surface area contributed by atoms with E-state index < -0.39 is 0 Å². The molecule has 0 aliphatic rings. The first-order valence-electron chi connectivity index (χ1n) is 4.42. The highest BCUT2D eigenvalue weighted by atomic mass is 16.1. The lowest BCUT2D eigenvalue weighted by atomic mass is 10.2. The fourth-order valence-corrected chi connectivity index (χ4v) is 0.942. The SMILES string of the molecule is C=C(C)C(=O)NC(=N)c1ccc(N)cc1. The van der Waals surface area contributed by atoms with Crippen LogP contribution in [0, 0.1) is 5.41 Å². The summed E-state index contributed by atoms with van der Waals surface area (Å²) in [6.45, 7) is 5.08. The highest BCUT2D eigenvalue weighted by Crippen LogP contribution is 2.05. The number of carbonyl (C=O) groups is 1. The second-order valence-corrected chi connectivity index (χ2v) is 3.23. The van der Waals surface area contributed by atoms with Gasteiger partial charge in [0.1, 0.15) is 5.84 Å². The highest BCUT2D eigenvalue weighted by molar-refractivity contribution is 6.10. The van der Waals surface area contributed by atoms with E-state index in [9.17, 15) is 4.79 Å². The zero-order chi connectivity index (χ0) is 11.4. The molecule has 0 spiro atoms. The summed E-state index contributed by atoms with van der Waals surface area (Å²) in [7, 11) is 0. The van der Waals surface area contributed by atoms with Gasteiger partial charge in [0.15, 0.2) is 0 Å². The van der Waals surface area contributed by atoms with Crippen LogP contribution in [-0.2, 0) is 4.79 Å². The number of hydrogen-bond acceptors (Lipinski definition) is 3. The molecule has 1 aromatic carbocycles. The molecule has 0 saturated carbocycles. The van der Waals surface area contributed by atoms with Crippen LogP contribution in [0.1, 0.15) is 12.5 Å². The van der Waals surface area contributed by atoms with Crippen LogP contribution in [0.4, 0.5) is 5.69 Å². The Labute approximate surface area is 88.3 Å². The number of amidine groups is 1. The Balaban J connectivity index is 2.74. The standard InChI is InChI=1S/C11H13N3O/c1-7(2)11(15)14-10(13)8-3-5-9(12)6-4-8/h3-6H,1,12H2,2H3,(H2,13,14,15). The monoisotopic (exact) mass is 203 g/mol. The molecule has 0 aromatic heterocycles. The van der Waals surface area contributed by atoms with Crippen LogP contribution < -0.4 is 11.1 Å². The Morgan fingerprint density at radius 2 is 1.93 bits per heavy atom. The van der Waals surface area contributed by atoms with Gasteiger partial charge in [0.25, 0.3) is 5.91 Å². The molecule has 78 valence electrons. The van der Waals surface area contributed by atoms with Gasteiger partial charge in [-0.3, -0.25) is 10.2 Å². The Kier molecular flexibility index (Phi) is 3.23. The number of hydrogen-bond donors (Lipinski definition) is 3. The average Bonchev–Trinajstić information content (AvgIpc) is 2.18. The molecule has 4 N–H and O–H groups in total. The number of rotatable bonds is 2. The average molecular weight is 203 g/mol. The molecule has 0 saturated heterocycles. The highest BCUT2D eigenvalue weighted by Gasteiger charge is 2.06. The van der Waals surface area contributed by atoms with Crippen molar-refractivity contribution in [2.45, 2.75) is 6.92 Å². The quantitative estimate of drug-likeness (QED) is 0.293. The van der Waals surface area contributed by atoms with Crippen LogP contribution in [0.3, 0.4) is 0 Å². The maximum absolute atomic E-state index is 11.2. The summed E-state index contributed by atoms with van der Waals surface area (Å²) in [5, 5.41) is 10.0. The molecule has 1 rings (SSSR count). The Morgan fingerprint density at radius 1 is 1.40 bits per heavy atom. The Morgan fingerprint density at radius 3 is 2.40 bits per heavy atom. The van der Waals surface area contributed by atoms with Crippen LogP contribution in [0.25, 0.3) is 0 Å². The van der Waals surface area contributed by atoms with E-state index in [1.54, 1.807) is 31.2 Å². The van der Waals surface area contributed by atoms with Gasteiger partial charge in [-0.25, -0.2) is 0 Å². The molecule has 0 aliphatic carbocycles. The van der Waals surface area contributed by atoms with E-state index in [1.165, 1.54) is 0 Å². The zero-order valence-electron chi connectivity index (χ0n) is 8.50. The van der Waals surface area contributed by atoms with Gasteiger partial charge in [0.05, 0.1) is 0 Å². The molecule has 1 amide bonds. The lowest BCUT2D eigenvalue weighted by Crippen LogP contribution is -2.30. The summed E-state index contributed by atoms with van der Waals surface area (Å²) in [5.74, 6) is -0.306. The number of nitrogens with one attached hydrogen (secondary N) is 2. The molecule has 1 aromatic rings. The third kappa shape index (κ3) is 2.95. The van der Waals surface area contributed by atoms with E-state index in [1.807, 2.05) is 0 Å². The van der Waals surface area contributed by atoms with Crippen molar-refractivity contribution in [3.8, 4) is 0 Å². The van der Waals surface area contributed by atoms with Gasteiger partial charge < -0.3 is 11.1 Å². The Hall–Kier alpha value is -2.10. The van der Waals surface area contributed by atoms with Crippen molar-refractivity contribution in [3.05, 3.63) is 42.0 Å². The minimum absolute atomic E-state index is 0.0444. The van der Waals surface area contributed by atoms with Crippen LogP contribution in [0.5, 0.6) is 0 Å². The van der Waals surface area contributed by atoms with Crippen molar-refractivity contribution in [2.75, 3.05) is 5.73 Å². The summed E-state index contributed by atoms with van der Waals surface area (Å²) in [4.78, 5) is 11.2. The largest absolute Gasteiger partial charge is 0.399 e. The molecule has 0 fully saturated rings. The smallest absolute Gasteiger partial charge is 0.251 e. The first kappa shape index (κ1) is 11.0. The first-order valence-corrected chi connectivity index (χ1v) is 4.42. The van der Waals surface area contributed by atoms with Crippen LogP contribution in [-0.4, -0.2) is 11.7 Å². The molecule has 0 heterocycles. The van der Waals surface area contributed by atoms with Gasteiger partial charge in [0.2, 0.25) is 0 Å². The predicted octanol–water partition coefficient (Wildman–Crippen LogP) is 1.29. The van der Waals surface area contributed by atoms with Gasteiger partial charge in [-0.05, 0) is 31.2 Å². The summed E-state index contributed by atoms with van der Waals surface area (Å²) in [6.07, 6.45) is 0. The second-order valence-electron chi connectivity index (χ2n) is 3.23. The molecule has 0 bridgehead atoms. The van der Waals surface area contributed by atoms with E-state index in [-0.39, 0.29) is 11.7 Å². The van der Waals surface area contributed by atoms with Crippen LogP contribution in [0.2, 0.25) is 0 Å². The topological polar surface area (TPSA) is 79.0 Å². The molecule has 0 unspecified atom stereocenters. The lowest BCUT2D eigenvalue weighted by molar-refractivity contribution is -0.116. The van der Waals surface area contributed by atoms with E-state index >= 15 is 0 Å². The number of benzene rings is 1. The van der Waals surface area contributed by atoms with Gasteiger partial charge in [-0.1, -0.05) is 6.58 Å². The van der Waals surface area contributed by atoms with E-state index in [0.717, 1.165) is 0 Å². The van der Waals surface area contributed by atoms with Crippen LogP contribution >= 0.6 is 0 Å². The molecule has 0 radical (unpaired) electrons. The van der Waals surface area contributed by atoms with Gasteiger partial charge >= 0.3 is 0 Å². The van der Waals surface area contributed by atoms with Crippen molar-refractivity contribution >= 4 is 17.4 Å². The molecule has 0 atom stereocenters. The maximum Gasteiger partial charge on any atom is 0.251 e. The minimum atomic E-state index is -0.350. The van der Waals surface area contributed by atoms with Gasteiger partial charge in [-0.2, -0.15) is 0 Å². The number of carbonyl (C=O) groups excluding carboxylic acids is 1. The van der Waals surface area contributed by atoms with Crippen LogP contribution in [0.15, 0.2) is 36.4 Å². The molecule has 0 aliphatic heterocycles. The third-order valence-corrected chi connectivity index (χ3v) is 1.83. The fourth-order valence-electron chi connectivity index (χ4n) is 0.942. The summed E-state index contributed by atoms with van der Waals surface area (Å²) in [6, 6.07) is 6.71. The third-order valence-electron chi connectivity index (χ3n) is 1.83. The normalized spacial score (nSPS) is 9.40. The molecular formula is C11H13N3O.